The van der Waals surface area contributed by atoms with Gasteiger partial charge >= 0.3 is 0 Å². The molecule has 0 aromatic rings. The first kappa shape index (κ1) is 9.20. The molecule has 0 amide bonds. The molecule has 74 valence electrons. The Labute approximate surface area is 79.3 Å². The standard InChI is InChI=1S/C11H18O2/c1-7-3-9-6-11(13,4-7)5-8(2)10(9)12/h7-9,13H,3-6H2,1-2H3. The van der Waals surface area contributed by atoms with E-state index in [2.05, 4.69) is 6.92 Å². The lowest BCUT2D eigenvalue weighted by atomic mass is 9.62. The minimum absolute atomic E-state index is 0.0799. The minimum Gasteiger partial charge on any atom is -0.390 e. The minimum atomic E-state index is -0.518. The van der Waals surface area contributed by atoms with Crippen LogP contribution in [0.25, 0.3) is 0 Å². The van der Waals surface area contributed by atoms with Gasteiger partial charge in [-0.3, -0.25) is 4.79 Å². The summed E-state index contributed by atoms with van der Waals surface area (Å²) >= 11 is 0. The first-order valence-electron chi connectivity index (χ1n) is 5.26. The maximum Gasteiger partial charge on any atom is 0.138 e. The maximum absolute atomic E-state index is 11.7. The maximum atomic E-state index is 11.7. The van der Waals surface area contributed by atoms with Crippen LogP contribution >= 0.6 is 0 Å². The first-order valence-corrected chi connectivity index (χ1v) is 5.26. The molecule has 2 heteroatoms. The predicted octanol–water partition coefficient (Wildman–Crippen LogP) is 1.76. The molecule has 0 heterocycles. The van der Waals surface area contributed by atoms with E-state index in [1.807, 2.05) is 6.92 Å². The van der Waals surface area contributed by atoms with Gasteiger partial charge in [-0.1, -0.05) is 13.8 Å². The molecule has 2 rings (SSSR count). The molecule has 2 bridgehead atoms. The lowest BCUT2D eigenvalue weighted by molar-refractivity contribution is -0.145. The van der Waals surface area contributed by atoms with Gasteiger partial charge in [-0.15, -0.1) is 0 Å². The molecule has 2 saturated carbocycles. The van der Waals surface area contributed by atoms with Crippen molar-refractivity contribution in [3.05, 3.63) is 0 Å². The third-order valence-electron chi connectivity index (χ3n) is 3.62. The highest BCUT2D eigenvalue weighted by molar-refractivity contribution is 5.84. The zero-order valence-corrected chi connectivity index (χ0v) is 8.42. The molecular weight excluding hydrogens is 164 g/mol. The second-order valence-electron chi connectivity index (χ2n) is 5.18. The van der Waals surface area contributed by atoms with Crippen molar-refractivity contribution < 1.29 is 9.90 Å². The number of hydrogen-bond acceptors (Lipinski definition) is 2. The molecule has 2 nitrogen and oxygen atoms in total. The van der Waals surface area contributed by atoms with Crippen molar-refractivity contribution in [1.82, 2.24) is 0 Å². The number of carbonyl (C=O) groups is 1. The van der Waals surface area contributed by atoms with E-state index in [1.165, 1.54) is 0 Å². The molecule has 0 radical (unpaired) electrons. The fourth-order valence-electron chi connectivity index (χ4n) is 3.30. The van der Waals surface area contributed by atoms with Crippen molar-refractivity contribution in [1.29, 1.82) is 0 Å². The predicted molar refractivity (Wildman–Crippen MR) is 50.2 cm³/mol. The van der Waals surface area contributed by atoms with Crippen molar-refractivity contribution in [2.45, 2.75) is 45.1 Å². The zero-order valence-electron chi connectivity index (χ0n) is 8.42. The largest absolute Gasteiger partial charge is 0.390 e. The Morgan fingerprint density at radius 2 is 2.00 bits per heavy atom. The summed E-state index contributed by atoms with van der Waals surface area (Å²) in [7, 11) is 0. The summed E-state index contributed by atoms with van der Waals surface area (Å²) < 4.78 is 0. The van der Waals surface area contributed by atoms with Gasteiger partial charge in [0.15, 0.2) is 0 Å². The van der Waals surface area contributed by atoms with Gasteiger partial charge in [0.1, 0.15) is 5.78 Å². The molecule has 0 aromatic carbocycles. The Bertz CT molecular complexity index is 232. The molecule has 2 fully saturated rings. The third kappa shape index (κ3) is 1.52. The van der Waals surface area contributed by atoms with E-state index in [9.17, 15) is 9.90 Å². The SMILES string of the molecule is CC1CC2CC(O)(C1)CC(C)C2=O. The molecule has 4 unspecified atom stereocenters. The molecule has 0 aromatic heterocycles. The monoisotopic (exact) mass is 182 g/mol. The summed E-state index contributed by atoms with van der Waals surface area (Å²) in [4.78, 5) is 11.7. The number of carbonyl (C=O) groups excluding carboxylic acids is 1. The topological polar surface area (TPSA) is 37.3 Å². The van der Waals surface area contributed by atoms with Gasteiger partial charge in [-0.05, 0) is 31.6 Å². The van der Waals surface area contributed by atoms with E-state index in [4.69, 9.17) is 0 Å². The zero-order chi connectivity index (χ0) is 9.64. The highest BCUT2D eigenvalue weighted by Gasteiger charge is 2.46. The van der Waals surface area contributed by atoms with Crippen molar-refractivity contribution >= 4 is 5.78 Å². The summed E-state index contributed by atoms with van der Waals surface area (Å²) in [6, 6.07) is 0. The Morgan fingerprint density at radius 1 is 1.31 bits per heavy atom. The van der Waals surface area contributed by atoms with Gasteiger partial charge in [-0.25, -0.2) is 0 Å². The van der Waals surface area contributed by atoms with Crippen LogP contribution in [0.5, 0.6) is 0 Å². The van der Waals surface area contributed by atoms with Crippen LogP contribution in [0.3, 0.4) is 0 Å². The van der Waals surface area contributed by atoms with Gasteiger partial charge in [0.05, 0.1) is 5.60 Å². The second kappa shape index (κ2) is 2.81. The Kier molecular flexibility index (Phi) is 1.99. The van der Waals surface area contributed by atoms with E-state index in [-0.39, 0.29) is 11.8 Å². The Morgan fingerprint density at radius 3 is 2.69 bits per heavy atom. The van der Waals surface area contributed by atoms with E-state index in [0.29, 0.717) is 18.1 Å². The van der Waals surface area contributed by atoms with Crippen LogP contribution in [-0.4, -0.2) is 16.5 Å². The van der Waals surface area contributed by atoms with Gasteiger partial charge in [0, 0.05) is 11.8 Å². The quantitative estimate of drug-likeness (QED) is 0.620. The third-order valence-corrected chi connectivity index (χ3v) is 3.62. The van der Waals surface area contributed by atoms with Crippen LogP contribution < -0.4 is 0 Å². The molecule has 2 aliphatic carbocycles. The Hall–Kier alpha value is -0.370. The van der Waals surface area contributed by atoms with Gasteiger partial charge in [0.25, 0.3) is 0 Å². The second-order valence-corrected chi connectivity index (χ2v) is 5.18. The molecular formula is C11H18O2. The summed E-state index contributed by atoms with van der Waals surface area (Å²) in [6.07, 6.45) is 3.29. The number of fused-ring (bicyclic) bond motifs is 2. The van der Waals surface area contributed by atoms with Crippen molar-refractivity contribution in [2.75, 3.05) is 0 Å². The number of Topliss-reactive ketones (excluding diaryl/α,β-unsaturated/α-hetero) is 1. The average molecular weight is 182 g/mol. The Balaban J connectivity index is 2.22. The van der Waals surface area contributed by atoms with Crippen LogP contribution in [0.2, 0.25) is 0 Å². The smallest absolute Gasteiger partial charge is 0.138 e. The van der Waals surface area contributed by atoms with Crippen LogP contribution in [0, 0.1) is 17.8 Å². The highest BCUT2D eigenvalue weighted by atomic mass is 16.3. The number of rotatable bonds is 0. The van der Waals surface area contributed by atoms with Crippen molar-refractivity contribution in [3.8, 4) is 0 Å². The number of aliphatic hydroxyl groups is 1. The molecule has 13 heavy (non-hydrogen) atoms. The van der Waals surface area contributed by atoms with Crippen LogP contribution in [-0.2, 0) is 4.79 Å². The van der Waals surface area contributed by atoms with E-state index in [1.54, 1.807) is 0 Å². The van der Waals surface area contributed by atoms with Gasteiger partial charge < -0.3 is 5.11 Å². The molecule has 0 saturated heterocycles. The molecule has 4 atom stereocenters. The van der Waals surface area contributed by atoms with Crippen LogP contribution in [0.1, 0.15) is 39.5 Å². The van der Waals surface area contributed by atoms with Gasteiger partial charge in [-0.2, -0.15) is 0 Å². The van der Waals surface area contributed by atoms with E-state index < -0.39 is 5.60 Å². The fraction of sp³-hybridized carbons (Fsp3) is 0.909. The highest BCUT2D eigenvalue weighted by Crippen LogP contribution is 2.45. The first-order chi connectivity index (χ1) is 6.00. The fourth-order valence-corrected chi connectivity index (χ4v) is 3.30. The van der Waals surface area contributed by atoms with E-state index >= 15 is 0 Å². The molecule has 0 aliphatic heterocycles. The number of hydrogen-bond donors (Lipinski definition) is 1. The summed E-state index contributed by atoms with van der Waals surface area (Å²) in [6.45, 7) is 4.09. The molecule has 0 spiro atoms. The van der Waals surface area contributed by atoms with Crippen LogP contribution in [0.15, 0.2) is 0 Å². The van der Waals surface area contributed by atoms with Gasteiger partial charge in [0.2, 0.25) is 0 Å². The summed E-state index contributed by atoms with van der Waals surface area (Å²) in [5.74, 6) is 1.13. The average Bonchev–Trinajstić information content (AvgIpc) is 1.98. The molecule has 2 aliphatic rings. The lowest BCUT2D eigenvalue weighted by Gasteiger charge is -2.45. The summed E-state index contributed by atoms with van der Waals surface area (Å²) in [5.41, 5.74) is -0.518. The summed E-state index contributed by atoms with van der Waals surface area (Å²) in [5, 5.41) is 10.2. The lowest BCUT2D eigenvalue weighted by Crippen LogP contribution is -2.48. The van der Waals surface area contributed by atoms with Crippen molar-refractivity contribution in [3.63, 3.8) is 0 Å². The van der Waals surface area contributed by atoms with Crippen molar-refractivity contribution in [2.24, 2.45) is 17.8 Å². The normalized spacial score (nSPS) is 50.7. The van der Waals surface area contributed by atoms with Crippen LogP contribution in [0.4, 0.5) is 0 Å². The molecule has 1 N–H and O–H groups in total. The van der Waals surface area contributed by atoms with E-state index in [0.717, 1.165) is 19.3 Å². The number of ketones is 1.